The number of Topliss-reactive ketones (excluding diaryl/α,β-unsaturated/α-hetero) is 1. The molecule has 0 aliphatic heterocycles. The third kappa shape index (κ3) is 6.20. The van der Waals surface area contributed by atoms with Gasteiger partial charge in [0.05, 0.1) is 0 Å². The number of benzene rings is 1. The fourth-order valence-corrected chi connectivity index (χ4v) is 1.73. The van der Waals surface area contributed by atoms with Crippen molar-refractivity contribution in [2.45, 2.75) is 52.2 Å². The van der Waals surface area contributed by atoms with Gasteiger partial charge in [-0.1, -0.05) is 0 Å². The highest BCUT2D eigenvalue weighted by molar-refractivity contribution is 5.96. The van der Waals surface area contributed by atoms with Crippen molar-refractivity contribution >= 4 is 11.9 Å². The van der Waals surface area contributed by atoms with Gasteiger partial charge >= 0.3 is 6.09 Å². The first-order valence-electron chi connectivity index (χ1n) is 7.05. The van der Waals surface area contributed by atoms with Gasteiger partial charge < -0.3 is 10.1 Å². The van der Waals surface area contributed by atoms with E-state index in [4.69, 9.17) is 4.74 Å². The molecular weight excluding hydrogens is 292 g/mol. The van der Waals surface area contributed by atoms with E-state index in [2.05, 4.69) is 5.32 Å². The number of hydrogen-bond acceptors (Lipinski definition) is 3. The van der Waals surface area contributed by atoms with E-state index in [1.165, 1.54) is 6.07 Å². The average molecular weight is 313 g/mol. The Bertz CT molecular complexity index is 553. The summed E-state index contributed by atoms with van der Waals surface area (Å²) in [5, 5.41) is 2.65. The van der Waals surface area contributed by atoms with Crippen LogP contribution in [0.15, 0.2) is 18.2 Å². The minimum atomic E-state index is -1.06. The minimum Gasteiger partial charge on any atom is -0.447 e. The summed E-state index contributed by atoms with van der Waals surface area (Å²) in [5.41, 5.74) is -0.302. The van der Waals surface area contributed by atoms with E-state index in [1.807, 2.05) is 20.8 Å². The lowest BCUT2D eigenvalue weighted by atomic mass is 10.0. The highest BCUT2D eigenvalue weighted by atomic mass is 19.2. The highest BCUT2D eigenvalue weighted by Crippen LogP contribution is 2.13. The molecule has 22 heavy (non-hydrogen) atoms. The number of ether oxygens (including phenoxy) is 1. The fourth-order valence-electron chi connectivity index (χ4n) is 1.73. The number of ketones is 1. The van der Waals surface area contributed by atoms with Crippen LogP contribution >= 0.6 is 0 Å². The van der Waals surface area contributed by atoms with Gasteiger partial charge in [0, 0.05) is 17.5 Å². The Hall–Kier alpha value is -1.98. The summed E-state index contributed by atoms with van der Waals surface area (Å²) < 4.78 is 31.0. The third-order valence-corrected chi connectivity index (χ3v) is 2.80. The maximum Gasteiger partial charge on any atom is 0.407 e. The van der Waals surface area contributed by atoms with Gasteiger partial charge in [0.25, 0.3) is 0 Å². The van der Waals surface area contributed by atoms with Gasteiger partial charge in [-0.05, 0) is 52.3 Å². The Kier molecular flexibility index (Phi) is 6.02. The minimum absolute atomic E-state index is 0.0784. The van der Waals surface area contributed by atoms with Crippen LogP contribution in [0.1, 0.15) is 50.9 Å². The topological polar surface area (TPSA) is 55.4 Å². The van der Waals surface area contributed by atoms with Crippen LogP contribution in [0, 0.1) is 11.6 Å². The smallest absolute Gasteiger partial charge is 0.407 e. The molecule has 0 bridgehead atoms. The molecule has 0 unspecified atom stereocenters. The quantitative estimate of drug-likeness (QED) is 0.840. The molecule has 1 amide bonds. The molecule has 1 rings (SSSR count). The van der Waals surface area contributed by atoms with Gasteiger partial charge in [0.15, 0.2) is 17.4 Å². The van der Waals surface area contributed by atoms with Crippen molar-refractivity contribution in [2.24, 2.45) is 0 Å². The molecule has 1 N–H and O–H groups in total. The Morgan fingerprint density at radius 1 is 1.23 bits per heavy atom. The predicted octanol–water partition coefficient (Wildman–Crippen LogP) is 3.84. The number of carbonyl (C=O) groups excluding carboxylic acids is 2. The lowest BCUT2D eigenvalue weighted by molar-refractivity contribution is 0.0842. The molecule has 0 spiro atoms. The molecule has 0 saturated heterocycles. The number of rotatable bonds is 5. The van der Waals surface area contributed by atoms with Crippen molar-refractivity contribution in [3.63, 3.8) is 0 Å². The van der Waals surface area contributed by atoms with E-state index >= 15 is 0 Å². The third-order valence-electron chi connectivity index (χ3n) is 2.80. The van der Waals surface area contributed by atoms with Gasteiger partial charge in [-0.3, -0.25) is 4.79 Å². The van der Waals surface area contributed by atoms with Crippen molar-refractivity contribution in [1.82, 2.24) is 5.32 Å². The predicted molar refractivity (Wildman–Crippen MR) is 78.8 cm³/mol. The maximum absolute atomic E-state index is 13.1. The van der Waals surface area contributed by atoms with Crippen molar-refractivity contribution < 1.29 is 23.1 Å². The monoisotopic (exact) mass is 313 g/mol. The summed E-state index contributed by atoms with van der Waals surface area (Å²) >= 11 is 0. The lowest BCUT2D eigenvalue weighted by Gasteiger charge is -2.22. The zero-order valence-electron chi connectivity index (χ0n) is 13.2. The molecule has 0 saturated carbocycles. The Morgan fingerprint density at radius 3 is 2.41 bits per heavy atom. The molecule has 0 fully saturated rings. The SMILES string of the molecule is C[C@@H](CCC(=O)c1ccc(F)c(F)c1)OC(=O)NC(C)(C)C. The van der Waals surface area contributed by atoms with E-state index in [9.17, 15) is 18.4 Å². The average Bonchev–Trinajstić information content (AvgIpc) is 2.36. The van der Waals surface area contributed by atoms with Crippen molar-refractivity contribution in [3.05, 3.63) is 35.4 Å². The van der Waals surface area contributed by atoms with Crippen LogP contribution in [0.3, 0.4) is 0 Å². The Morgan fingerprint density at radius 2 is 1.86 bits per heavy atom. The largest absolute Gasteiger partial charge is 0.447 e. The first-order chi connectivity index (χ1) is 10.1. The number of hydrogen-bond donors (Lipinski definition) is 1. The second-order valence-electron chi connectivity index (χ2n) is 6.18. The van der Waals surface area contributed by atoms with Crippen LogP contribution in [0.4, 0.5) is 13.6 Å². The van der Waals surface area contributed by atoms with E-state index in [0.29, 0.717) is 6.42 Å². The standard InChI is InChI=1S/C16H21F2NO3/c1-10(22-15(21)19-16(2,3)4)5-8-14(20)11-6-7-12(17)13(18)9-11/h6-7,9-10H,5,8H2,1-4H3,(H,19,21)/t10-/m0/s1. The molecule has 0 heterocycles. The van der Waals surface area contributed by atoms with Gasteiger partial charge in [0.2, 0.25) is 0 Å². The number of halogens is 2. The zero-order chi connectivity index (χ0) is 16.9. The Labute approximate surface area is 128 Å². The van der Waals surface area contributed by atoms with Gasteiger partial charge in [-0.2, -0.15) is 0 Å². The number of amides is 1. The summed E-state index contributed by atoms with van der Waals surface area (Å²) in [4.78, 5) is 23.4. The van der Waals surface area contributed by atoms with E-state index < -0.39 is 29.4 Å². The van der Waals surface area contributed by atoms with Gasteiger partial charge in [-0.25, -0.2) is 13.6 Å². The molecule has 0 radical (unpaired) electrons. The molecule has 0 aliphatic carbocycles. The van der Waals surface area contributed by atoms with Gasteiger partial charge in [-0.15, -0.1) is 0 Å². The van der Waals surface area contributed by atoms with Gasteiger partial charge in [0.1, 0.15) is 6.10 Å². The van der Waals surface area contributed by atoms with Crippen LogP contribution in [0.5, 0.6) is 0 Å². The number of alkyl carbamates (subject to hydrolysis) is 1. The van der Waals surface area contributed by atoms with Crippen LogP contribution < -0.4 is 5.32 Å². The van der Waals surface area contributed by atoms with E-state index in [1.54, 1.807) is 6.92 Å². The van der Waals surface area contributed by atoms with Crippen LogP contribution in [-0.2, 0) is 4.74 Å². The molecule has 6 heteroatoms. The van der Waals surface area contributed by atoms with Crippen LogP contribution in [-0.4, -0.2) is 23.5 Å². The Balaban J connectivity index is 2.46. The molecule has 1 aromatic carbocycles. The zero-order valence-corrected chi connectivity index (χ0v) is 13.2. The summed E-state index contributed by atoms with van der Waals surface area (Å²) in [6, 6.07) is 3.02. The second-order valence-corrected chi connectivity index (χ2v) is 6.18. The van der Waals surface area contributed by atoms with Crippen LogP contribution in [0.2, 0.25) is 0 Å². The first kappa shape index (κ1) is 18.1. The summed E-state index contributed by atoms with van der Waals surface area (Å²) in [5.74, 6) is -2.38. The lowest BCUT2D eigenvalue weighted by Crippen LogP contribution is -2.42. The summed E-state index contributed by atoms with van der Waals surface area (Å²) in [7, 11) is 0. The number of nitrogens with one attached hydrogen (secondary N) is 1. The van der Waals surface area contributed by atoms with Crippen molar-refractivity contribution in [2.75, 3.05) is 0 Å². The fraction of sp³-hybridized carbons (Fsp3) is 0.500. The number of carbonyl (C=O) groups is 2. The summed E-state index contributed by atoms with van der Waals surface area (Å²) in [6.07, 6.45) is -0.637. The normalized spacial score (nSPS) is 12.6. The maximum atomic E-state index is 13.1. The van der Waals surface area contributed by atoms with Crippen LogP contribution in [0.25, 0.3) is 0 Å². The molecular formula is C16H21F2NO3. The van der Waals surface area contributed by atoms with Crippen molar-refractivity contribution in [1.29, 1.82) is 0 Å². The highest BCUT2D eigenvalue weighted by Gasteiger charge is 2.18. The molecule has 0 aromatic heterocycles. The molecule has 1 aromatic rings. The molecule has 122 valence electrons. The van der Waals surface area contributed by atoms with E-state index in [-0.39, 0.29) is 17.8 Å². The summed E-state index contributed by atoms with van der Waals surface area (Å²) in [6.45, 7) is 7.14. The molecule has 1 atom stereocenters. The van der Waals surface area contributed by atoms with Crippen molar-refractivity contribution in [3.8, 4) is 0 Å². The second kappa shape index (κ2) is 7.33. The van der Waals surface area contributed by atoms with E-state index in [0.717, 1.165) is 12.1 Å². The molecule has 0 aliphatic rings. The molecule has 4 nitrogen and oxygen atoms in total. The first-order valence-corrected chi connectivity index (χ1v) is 7.05.